The molecule has 0 spiro atoms. The number of aromatic nitrogens is 1. The molecule has 4 nitrogen and oxygen atoms in total. The van der Waals surface area contributed by atoms with E-state index in [0.717, 1.165) is 11.3 Å². The molecule has 2 rings (SSSR count). The quantitative estimate of drug-likeness (QED) is 0.807. The molecule has 2 heterocycles. The molecule has 0 bridgehead atoms. The summed E-state index contributed by atoms with van der Waals surface area (Å²) in [6, 6.07) is 7.65. The number of hydrogen-bond donors (Lipinski definition) is 2. The molecule has 0 aliphatic rings. The monoisotopic (exact) mass is 247 g/mol. The van der Waals surface area contributed by atoms with Gasteiger partial charge in [0.15, 0.2) is 5.11 Å². The van der Waals surface area contributed by atoms with E-state index in [-0.39, 0.29) is 0 Å². The Balaban J connectivity index is 1.71. The zero-order chi connectivity index (χ0) is 11.9. The summed E-state index contributed by atoms with van der Waals surface area (Å²) in [6.45, 7) is 1.28. The van der Waals surface area contributed by atoms with Crippen molar-refractivity contribution in [1.29, 1.82) is 0 Å². The highest BCUT2D eigenvalue weighted by Crippen LogP contribution is 1.98. The normalized spacial score (nSPS) is 9.88. The van der Waals surface area contributed by atoms with Crippen LogP contribution in [0.25, 0.3) is 0 Å². The van der Waals surface area contributed by atoms with E-state index in [1.54, 1.807) is 18.7 Å². The van der Waals surface area contributed by atoms with Crippen LogP contribution in [0, 0.1) is 0 Å². The van der Waals surface area contributed by atoms with Gasteiger partial charge in [0.05, 0.1) is 12.8 Å². The summed E-state index contributed by atoms with van der Waals surface area (Å²) in [5, 5.41) is 6.79. The van der Waals surface area contributed by atoms with Gasteiger partial charge in [0, 0.05) is 18.9 Å². The van der Waals surface area contributed by atoms with Crippen LogP contribution in [0.1, 0.15) is 11.3 Å². The third kappa shape index (κ3) is 3.88. The minimum atomic E-state index is 0.592. The number of hydrogen-bond acceptors (Lipinski definition) is 3. The SMILES string of the molecule is S=C(NCc1ccncc1)NCc1ccco1. The molecular weight excluding hydrogens is 234 g/mol. The molecule has 0 atom stereocenters. The van der Waals surface area contributed by atoms with Gasteiger partial charge >= 0.3 is 0 Å². The lowest BCUT2D eigenvalue weighted by atomic mass is 10.3. The maximum absolute atomic E-state index is 5.19. The summed E-state index contributed by atoms with van der Waals surface area (Å²) in [5.41, 5.74) is 1.14. The summed E-state index contributed by atoms with van der Waals surface area (Å²) < 4.78 is 5.19. The van der Waals surface area contributed by atoms with Gasteiger partial charge in [-0.1, -0.05) is 0 Å². The first-order valence-electron chi connectivity index (χ1n) is 5.27. The van der Waals surface area contributed by atoms with Gasteiger partial charge in [-0.15, -0.1) is 0 Å². The van der Waals surface area contributed by atoms with E-state index in [0.29, 0.717) is 18.2 Å². The molecule has 2 N–H and O–H groups in total. The second-order valence-corrected chi connectivity index (χ2v) is 3.88. The molecule has 0 saturated carbocycles. The Morgan fingerprint density at radius 1 is 1.18 bits per heavy atom. The zero-order valence-electron chi connectivity index (χ0n) is 9.22. The van der Waals surface area contributed by atoms with Crippen molar-refractivity contribution < 1.29 is 4.42 Å². The molecule has 0 unspecified atom stereocenters. The number of nitrogens with zero attached hydrogens (tertiary/aromatic N) is 1. The smallest absolute Gasteiger partial charge is 0.166 e. The molecule has 17 heavy (non-hydrogen) atoms. The fourth-order valence-electron chi connectivity index (χ4n) is 1.33. The predicted octanol–water partition coefficient (Wildman–Crippen LogP) is 1.84. The molecule has 0 fully saturated rings. The van der Waals surface area contributed by atoms with Crippen molar-refractivity contribution in [2.45, 2.75) is 13.1 Å². The second kappa shape index (κ2) is 6.00. The summed E-state index contributed by atoms with van der Waals surface area (Å²) in [4.78, 5) is 3.95. The summed E-state index contributed by atoms with van der Waals surface area (Å²) in [5.74, 6) is 0.859. The van der Waals surface area contributed by atoms with Crippen molar-refractivity contribution in [3.8, 4) is 0 Å². The molecule has 5 heteroatoms. The molecule has 0 amide bonds. The Hall–Kier alpha value is -1.88. The minimum absolute atomic E-state index is 0.592. The molecule has 0 radical (unpaired) electrons. The van der Waals surface area contributed by atoms with Crippen LogP contribution in [-0.2, 0) is 13.1 Å². The van der Waals surface area contributed by atoms with Crippen molar-refractivity contribution >= 4 is 17.3 Å². The highest BCUT2D eigenvalue weighted by atomic mass is 32.1. The third-order valence-electron chi connectivity index (χ3n) is 2.21. The van der Waals surface area contributed by atoms with E-state index in [1.807, 2.05) is 24.3 Å². The van der Waals surface area contributed by atoms with Crippen molar-refractivity contribution in [2.75, 3.05) is 0 Å². The van der Waals surface area contributed by atoms with Crippen LogP contribution in [0.4, 0.5) is 0 Å². The largest absolute Gasteiger partial charge is 0.467 e. The molecule has 0 saturated heterocycles. The van der Waals surface area contributed by atoms with Crippen LogP contribution in [0.5, 0.6) is 0 Å². The van der Waals surface area contributed by atoms with Gasteiger partial charge in [-0.3, -0.25) is 4.98 Å². The fraction of sp³-hybridized carbons (Fsp3) is 0.167. The van der Waals surface area contributed by atoms with E-state index in [1.165, 1.54) is 0 Å². The van der Waals surface area contributed by atoms with Crippen LogP contribution in [0.3, 0.4) is 0 Å². The van der Waals surface area contributed by atoms with Gasteiger partial charge in [-0.25, -0.2) is 0 Å². The van der Waals surface area contributed by atoms with E-state index < -0.39 is 0 Å². The Morgan fingerprint density at radius 3 is 2.65 bits per heavy atom. The van der Waals surface area contributed by atoms with Gasteiger partial charge in [-0.2, -0.15) is 0 Å². The lowest BCUT2D eigenvalue weighted by Gasteiger charge is -2.09. The van der Waals surface area contributed by atoms with Crippen LogP contribution < -0.4 is 10.6 Å². The van der Waals surface area contributed by atoms with Crippen molar-refractivity contribution in [3.05, 3.63) is 54.2 Å². The first-order chi connectivity index (χ1) is 8.34. The standard InChI is InChI=1S/C12H13N3OS/c17-12(15-9-11-2-1-7-16-11)14-8-10-3-5-13-6-4-10/h1-7H,8-9H2,(H2,14,15,17). The van der Waals surface area contributed by atoms with E-state index in [9.17, 15) is 0 Å². The molecular formula is C12H13N3OS. The summed E-state index contributed by atoms with van der Waals surface area (Å²) in [7, 11) is 0. The van der Waals surface area contributed by atoms with Crippen molar-refractivity contribution in [3.63, 3.8) is 0 Å². The van der Waals surface area contributed by atoms with Gasteiger partial charge in [0.1, 0.15) is 5.76 Å². The molecule has 2 aromatic heterocycles. The predicted molar refractivity (Wildman–Crippen MR) is 69.2 cm³/mol. The number of furan rings is 1. The van der Waals surface area contributed by atoms with E-state index >= 15 is 0 Å². The van der Waals surface area contributed by atoms with Crippen molar-refractivity contribution in [1.82, 2.24) is 15.6 Å². The maximum Gasteiger partial charge on any atom is 0.166 e. The number of nitrogens with one attached hydrogen (secondary N) is 2. The number of thiocarbonyl (C=S) groups is 1. The van der Waals surface area contributed by atoms with Gasteiger partial charge < -0.3 is 15.1 Å². The fourth-order valence-corrected chi connectivity index (χ4v) is 1.47. The highest BCUT2D eigenvalue weighted by molar-refractivity contribution is 7.80. The number of rotatable bonds is 4. The van der Waals surface area contributed by atoms with Gasteiger partial charge in [0.2, 0.25) is 0 Å². The van der Waals surface area contributed by atoms with Gasteiger partial charge in [-0.05, 0) is 42.0 Å². The van der Waals surface area contributed by atoms with Gasteiger partial charge in [0.25, 0.3) is 0 Å². The lowest BCUT2D eigenvalue weighted by molar-refractivity contribution is 0.502. The third-order valence-corrected chi connectivity index (χ3v) is 2.49. The first kappa shape index (κ1) is 11.6. The molecule has 0 aliphatic carbocycles. The second-order valence-electron chi connectivity index (χ2n) is 3.47. The summed E-state index contributed by atoms with van der Waals surface area (Å²) >= 11 is 5.15. The Kier molecular flexibility index (Phi) is 4.10. The van der Waals surface area contributed by atoms with E-state index in [2.05, 4.69) is 15.6 Å². The van der Waals surface area contributed by atoms with E-state index in [4.69, 9.17) is 16.6 Å². The van der Waals surface area contributed by atoms with Crippen LogP contribution in [-0.4, -0.2) is 10.1 Å². The van der Waals surface area contributed by atoms with Crippen molar-refractivity contribution in [2.24, 2.45) is 0 Å². The molecule has 88 valence electrons. The molecule has 2 aromatic rings. The average Bonchev–Trinajstić information content (AvgIpc) is 2.88. The Bertz CT molecular complexity index is 456. The highest BCUT2D eigenvalue weighted by Gasteiger charge is 1.98. The number of pyridine rings is 1. The van der Waals surface area contributed by atoms with Crippen LogP contribution in [0.2, 0.25) is 0 Å². The average molecular weight is 247 g/mol. The summed E-state index contributed by atoms with van der Waals surface area (Å²) in [6.07, 6.45) is 5.16. The van der Waals surface area contributed by atoms with Crippen LogP contribution >= 0.6 is 12.2 Å². The lowest BCUT2D eigenvalue weighted by Crippen LogP contribution is -2.34. The maximum atomic E-state index is 5.19. The Labute approximate surface area is 105 Å². The first-order valence-corrected chi connectivity index (χ1v) is 5.68. The zero-order valence-corrected chi connectivity index (χ0v) is 10.0. The van der Waals surface area contributed by atoms with Crippen LogP contribution in [0.15, 0.2) is 47.3 Å². The molecule has 0 aliphatic heterocycles. The minimum Gasteiger partial charge on any atom is -0.467 e. The molecule has 0 aromatic carbocycles. The topological polar surface area (TPSA) is 50.1 Å². The Morgan fingerprint density at radius 2 is 1.94 bits per heavy atom.